The van der Waals surface area contributed by atoms with Crippen LogP contribution in [0.2, 0.25) is 0 Å². The van der Waals surface area contributed by atoms with Crippen molar-refractivity contribution in [2.45, 2.75) is 6.42 Å². The molecule has 0 saturated heterocycles. The number of carbonyl (C=O) groups excluding carboxylic acids is 2. The molecule has 2 amide bonds. The van der Waals surface area contributed by atoms with Crippen LogP contribution in [0.25, 0.3) is 0 Å². The summed E-state index contributed by atoms with van der Waals surface area (Å²) in [6, 6.07) is 24.1. The number of benzene rings is 3. The van der Waals surface area contributed by atoms with Crippen LogP contribution in [0, 0.1) is 3.57 Å². The van der Waals surface area contributed by atoms with Crippen molar-refractivity contribution >= 4 is 45.8 Å². The highest BCUT2D eigenvalue weighted by Crippen LogP contribution is 2.17. The predicted octanol–water partition coefficient (Wildman–Crippen LogP) is 4.72. The van der Waals surface area contributed by atoms with Crippen molar-refractivity contribution in [3.05, 3.63) is 93.6 Å². The summed E-state index contributed by atoms with van der Waals surface area (Å²) in [5, 5.41) is 5.72. The lowest BCUT2D eigenvalue weighted by Crippen LogP contribution is -2.15. The molecule has 3 aromatic carbocycles. The highest BCUT2D eigenvalue weighted by atomic mass is 127. The number of carbonyl (C=O) groups is 2. The standard InChI is InChI=1S/C21H17IN2O2/c22-19-9-5-4-8-18(19)21(26)24-17-12-10-16(11-13-17)23-20(25)14-15-6-2-1-3-7-15/h1-13H,14H2,(H,23,25)(H,24,26). The Hall–Kier alpha value is -2.67. The first-order chi connectivity index (χ1) is 12.6. The van der Waals surface area contributed by atoms with Gasteiger partial charge in [-0.15, -0.1) is 0 Å². The van der Waals surface area contributed by atoms with Crippen LogP contribution in [0.5, 0.6) is 0 Å². The quantitative estimate of drug-likeness (QED) is 0.546. The first-order valence-corrected chi connectivity index (χ1v) is 9.19. The van der Waals surface area contributed by atoms with Crippen LogP contribution < -0.4 is 10.6 Å². The van der Waals surface area contributed by atoms with Crippen LogP contribution in [-0.2, 0) is 11.2 Å². The Bertz CT molecular complexity index is 909. The highest BCUT2D eigenvalue weighted by Gasteiger charge is 2.09. The number of rotatable bonds is 5. The first-order valence-electron chi connectivity index (χ1n) is 8.11. The van der Waals surface area contributed by atoms with Gasteiger partial charge in [0.1, 0.15) is 0 Å². The fraction of sp³-hybridized carbons (Fsp3) is 0.0476. The summed E-state index contributed by atoms with van der Waals surface area (Å²) in [6.45, 7) is 0. The van der Waals surface area contributed by atoms with Crippen LogP contribution in [0.4, 0.5) is 11.4 Å². The van der Waals surface area contributed by atoms with Crippen molar-refractivity contribution < 1.29 is 9.59 Å². The van der Waals surface area contributed by atoms with E-state index in [1.807, 2.05) is 48.5 Å². The summed E-state index contributed by atoms with van der Waals surface area (Å²) >= 11 is 2.14. The van der Waals surface area contributed by atoms with Gasteiger partial charge in [-0.1, -0.05) is 42.5 Å². The second-order valence-corrected chi connectivity index (χ2v) is 6.88. The predicted molar refractivity (Wildman–Crippen MR) is 112 cm³/mol. The van der Waals surface area contributed by atoms with E-state index in [1.165, 1.54) is 0 Å². The van der Waals surface area contributed by atoms with Crippen molar-refractivity contribution in [1.29, 1.82) is 0 Å². The van der Waals surface area contributed by atoms with Crippen LogP contribution in [0.15, 0.2) is 78.9 Å². The first kappa shape index (κ1) is 18.1. The molecule has 0 heterocycles. The molecule has 0 aliphatic rings. The minimum absolute atomic E-state index is 0.0770. The van der Waals surface area contributed by atoms with E-state index in [0.29, 0.717) is 23.4 Å². The maximum Gasteiger partial charge on any atom is 0.256 e. The van der Waals surface area contributed by atoms with E-state index in [9.17, 15) is 9.59 Å². The average molecular weight is 456 g/mol. The zero-order valence-corrected chi connectivity index (χ0v) is 16.1. The van der Waals surface area contributed by atoms with E-state index < -0.39 is 0 Å². The molecule has 0 radical (unpaired) electrons. The Labute approximate surface area is 165 Å². The number of halogens is 1. The summed E-state index contributed by atoms with van der Waals surface area (Å²) < 4.78 is 0.896. The molecular formula is C21H17IN2O2. The number of amides is 2. The van der Waals surface area contributed by atoms with Gasteiger partial charge >= 0.3 is 0 Å². The van der Waals surface area contributed by atoms with Gasteiger partial charge in [0, 0.05) is 14.9 Å². The monoisotopic (exact) mass is 456 g/mol. The topological polar surface area (TPSA) is 58.2 Å². The Morgan fingerprint density at radius 1 is 0.731 bits per heavy atom. The van der Waals surface area contributed by atoms with E-state index in [-0.39, 0.29) is 11.8 Å². The van der Waals surface area contributed by atoms with Gasteiger partial charge in [0.25, 0.3) is 5.91 Å². The summed E-state index contributed by atoms with van der Waals surface area (Å²) in [5.74, 6) is -0.234. The SMILES string of the molecule is O=C(Cc1ccccc1)Nc1ccc(NC(=O)c2ccccc2I)cc1. The highest BCUT2D eigenvalue weighted by molar-refractivity contribution is 14.1. The van der Waals surface area contributed by atoms with Gasteiger partial charge in [0.2, 0.25) is 5.91 Å². The molecule has 4 nitrogen and oxygen atoms in total. The lowest BCUT2D eigenvalue weighted by atomic mass is 10.1. The largest absolute Gasteiger partial charge is 0.326 e. The third kappa shape index (κ3) is 4.92. The average Bonchev–Trinajstić information content (AvgIpc) is 2.64. The number of anilines is 2. The number of nitrogens with one attached hydrogen (secondary N) is 2. The Balaban J connectivity index is 1.59. The molecule has 0 atom stereocenters. The Morgan fingerprint density at radius 3 is 1.96 bits per heavy atom. The van der Waals surface area contributed by atoms with Crippen molar-refractivity contribution in [3.63, 3.8) is 0 Å². The van der Waals surface area contributed by atoms with E-state index >= 15 is 0 Å². The van der Waals surface area contributed by atoms with Crippen molar-refractivity contribution in [3.8, 4) is 0 Å². The molecule has 26 heavy (non-hydrogen) atoms. The van der Waals surface area contributed by atoms with Crippen LogP contribution in [0.3, 0.4) is 0 Å². The van der Waals surface area contributed by atoms with E-state index in [1.54, 1.807) is 30.3 Å². The normalized spacial score (nSPS) is 10.2. The van der Waals surface area contributed by atoms with Gasteiger partial charge in [0.05, 0.1) is 12.0 Å². The van der Waals surface area contributed by atoms with E-state index in [0.717, 1.165) is 9.13 Å². The third-order valence-electron chi connectivity index (χ3n) is 3.75. The Kier molecular flexibility index (Phi) is 6.01. The van der Waals surface area contributed by atoms with Gasteiger partial charge < -0.3 is 10.6 Å². The minimum atomic E-state index is -0.157. The molecule has 0 aromatic heterocycles. The van der Waals surface area contributed by atoms with Crippen molar-refractivity contribution in [1.82, 2.24) is 0 Å². The molecule has 3 rings (SSSR count). The second kappa shape index (κ2) is 8.62. The van der Waals surface area contributed by atoms with Gasteiger partial charge in [-0.2, -0.15) is 0 Å². The molecule has 0 aliphatic carbocycles. The molecule has 0 bridgehead atoms. The molecule has 3 aromatic rings. The molecular weight excluding hydrogens is 439 g/mol. The summed E-state index contributed by atoms with van der Waals surface area (Å²) in [6.07, 6.45) is 0.325. The fourth-order valence-electron chi connectivity index (χ4n) is 2.47. The van der Waals surface area contributed by atoms with Crippen molar-refractivity contribution in [2.24, 2.45) is 0 Å². The maximum atomic E-state index is 12.3. The lowest BCUT2D eigenvalue weighted by molar-refractivity contribution is -0.115. The van der Waals surface area contributed by atoms with Crippen LogP contribution in [0.1, 0.15) is 15.9 Å². The molecule has 2 N–H and O–H groups in total. The molecule has 0 aliphatic heterocycles. The second-order valence-electron chi connectivity index (χ2n) is 5.72. The number of hydrogen-bond acceptors (Lipinski definition) is 2. The summed E-state index contributed by atoms with van der Waals surface area (Å²) in [5.41, 5.74) is 2.97. The van der Waals surface area contributed by atoms with Crippen molar-refractivity contribution in [2.75, 3.05) is 10.6 Å². The van der Waals surface area contributed by atoms with Gasteiger partial charge in [0.15, 0.2) is 0 Å². The smallest absolute Gasteiger partial charge is 0.256 e. The third-order valence-corrected chi connectivity index (χ3v) is 4.69. The molecule has 0 spiro atoms. The van der Waals surface area contributed by atoms with Crippen LogP contribution >= 0.6 is 22.6 Å². The van der Waals surface area contributed by atoms with E-state index in [2.05, 4.69) is 33.2 Å². The van der Waals surface area contributed by atoms with Crippen LogP contribution in [-0.4, -0.2) is 11.8 Å². The minimum Gasteiger partial charge on any atom is -0.326 e. The molecule has 5 heteroatoms. The number of hydrogen-bond donors (Lipinski definition) is 2. The van der Waals surface area contributed by atoms with E-state index in [4.69, 9.17) is 0 Å². The lowest BCUT2D eigenvalue weighted by Gasteiger charge is -2.09. The fourth-order valence-corrected chi connectivity index (χ4v) is 3.10. The molecule has 130 valence electrons. The molecule has 0 unspecified atom stereocenters. The zero-order chi connectivity index (χ0) is 18.4. The van der Waals surface area contributed by atoms with Gasteiger partial charge in [-0.25, -0.2) is 0 Å². The summed E-state index contributed by atoms with van der Waals surface area (Å²) in [7, 11) is 0. The Morgan fingerprint density at radius 2 is 1.31 bits per heavy atom. The molecule has 0 saturated carbocycles. The molecule has 0 fully saturated rings. The maximum absolute atomic E-state index is 12.3. The summed E-state index contributed by atoms with van der Waals surface area (Å²) in [4.78, 5) is 24.4. The zero-order valence-electron chi connectivity index (χ0n) is 13.9. The van der Waals surface area contributed by atoms with Gasteiger partial charge in [-0.05, 0) is 64.6 Å². The van der Waals surface area contributed by atoms with Gasteiger partial charge in [-0.3, -0.25) is 9.59 Å².